The highest BCUT2D eigenvalue weighted by Crippen LogP contribution is 2.24. The number of aromatic amines is 1. The van der Waals surface area contributed by atoms with Crippen molar-refractivity contribution in [3.63, 3.8) is 0 Å². The topological polar surface area (TPSA) is 123 Å². The van der Waals surface area contributed by atoms with Gasteiger partial charge in [0.05, 0.1) is 27.8 Å². The summed E-state index contributed by atoms with van der Waals surface area (Å²) in [5.41, 5.74) is 7.60. The summed E-state index contributed by atoms with van der Waals surface area (Å²) in [5, 5.41) is 2.14. The van der Waals surface area contributed by atoms with Gasteiger partial charge in [-0.25, -0.2) is 4.98 Å². The molecule has 0 saturated carbocycles. The minimum Gasteiger partial charge on any atom is -0.384 e. The summed E-state index contributed by atoms with van der Waals surface area (Å²) in [7, 11) is 0. The fraction of sp³-hybridized carbons (Fsp3) is 0.125. The van der Waals surface area contributed by atoms with E-state index < -0.39 is 17.4 Å². The van der Waals surface area contributed by atoms with Crippen molar-refractivity contribution < 1.29 is 9.59 Å². The van der Waals surface area contributed by atoms with E-state index in [0.717, 1.165) is 29.3 Å². The van der Waals surface area contributed by atoms with E-state index in [1.165, 1.54) is 4.57 Å². The number of amides is 2. The van der Waals surface area contributed by atoms with E-state index in [9.17, 15) is 14.4 Å². The highest BCUT2D eigenvalue weighted by Gasteiger charge is 2.31. The third-order valence-corrected chi connectivity index (χ3v) is 4.06. The highest BCUT2D eigenvalue weighted by atomic mass is 16.2. The van der Waals surface area contributed by atoms with Gasteiger partial charge in [0, 0.05) is 12.5 Å². The second-order valence-electron chi connectivity index (χ2n) is 5.51. The molecule has 1 aliphatic heterocycles. The van der Waals surface area contributed by atoms with Gasteiger partial charge >= 0.3 is 0 Å². The Morgan fingerprint density at radius 3 is 2.71 bits per heavy atom. The van der Waals surface area contributed by atoms with Crippen LogP contribution in [0.25, 0.3) is 16.7 Å². The van der Waals surface area contributed by atoms with Gasteiger partial charge in [-0.1, -0.05) is 6.92 Å². The number of pyridine rings is 1. The lowest BCUT2D eigenvalue weighted by Gasteiger charge is -2.11. The SMILES string of the molecule is CCc1nc2ccc(-n3c(N)c4c(cc3=O)C(=O)NC4=O)cc2[nH]1. The van der Waals surface area contributed by atoms with Crippen molar-refractivity contribution in [1.82, 2.24) is 19.9 Å². The summed E-state index contributed by atoms with van der Waals surface area (Å²) in [6.07, 6.45) is 0.757. The van der Waals surface area contributed by atoms with Crippen LogP contribution in [0.15, 0.2) is 29.1 Å². The number of nitrogens with two attached hydrogens (primary N) is 1. The monoisotopic (exact) mass is 323 g/mol. The van der Waals surface area contributed by atoms with Crippen LogP contribution in [0.5, 0.6) is 0 Å². The van der Waals surface area contributed by atoms with E-state index in [2.05, 4.69) is 15.3 Å². The molecule has 120 valence electrons. The number of imide groups is 1. The van der Waals surface area contributed by atoms with Crippen LogP contribution < -0.4 is 16.6 Å². The molecule has 0 bridgehead atoms. The van der Waals surface area contributed by atoms with Crippen LogP contribution in [0.1, 0.15) is 33.5 Å². The summed E-state index contributed by atoms with van der Waals surface area (Å²) >= 11 is 0. The molecule has 0 unspecified atom stereocenters. The maximum atomic E-state index is 12.4. The second-order valence-corrected chi connectivity index (χ2v) is 5.51. The van der Waals surface area contributed by atoms with Gasteiger partial charge in [-0.2, -0.15) is 0 Å². The molecule has 4 N–H and O–H groups in total. The van der Waals surface area contributed by atoms with Crippen LogP contribution >= 0.6 is 0 Å². The first-order chi connectivity index (χ1) is 11.5. The molecule has 8 nitrogen and oxygen atoms in total. The summed E-state index contributed by atoms with van der Waals surface area (Å²) in [4.78, 5) is 43.6. The zero-order valence-corrected chi connectivity index (χ0v) is 12.7. The largest absolute Gasteiger partial charge is 0.384 e. The molecular weight excluding hydrogens is 310 g/mol. The Kier molecular flexibility index (Phi) is 2.83. The predicted octanol–water partition coefficient (Wildman–Crippen LogP) is 0.742. The smallest absolute Gasteiger partial charge is 0.262 e. The van der Waals surface area contributed by atoms with E-state index in [-0.39, 0.29) is 16.9 Å². The first-order valence-corrected chi connectivity index (χ1v) is 7.40. The van der Waals surface area contributed by atoms with Crippen molar-refractivity contribution in [2.45, 2.75) is 13.3 Å². The Hall–Kier alpha value is -3.42. The number of anilines is 1. The number of carbonyl (C=O) groups excluding carboxylic acids is 2. The van der Waals surface area contributed by atoms with Crippen LogP contribution in [-0.2, 0) is 6.42 Å². The molecule has 0 spiro atoms. The zero-order chi connectivity index (χ0) is 17.0. The number of fused-ring (bicyclic) bond motifs is 2. The number of hydrogen-bond acceptors (Lipinski definition) is 5. The van der Waals surface area contributed by atoms with Crippen molar-refractivity contribution in [3.05, 3.63) is 51.6 Å². The maximum Gasteiger partial charge on any atom is 0.262 e. The third kappa shape index (κ3) is 1.86. The number of aryl methyl sites for hydroxylation is 1. The molecule has 24 heavy (non-hydrogen) atoms. The van der Waals surface area contributed by atoms with Crippen LogP contribution in [-0.4, -0.2) is 26.3 Å². The Morgan fingerprint density at radius 2 is 1.96 bits per heavy atom. The molecule has 1 aliphatic rings. The van der Waals surface area contributed by atoms with Gasteiger partial charge in [-0.15, -0.1) is 0 Å². The lowest BCUT2D eigenvalue weighted by atomic mass is 10.1. The molecule has 3 aromatic rings. The van der Waals surface area contributed by atoms with Crippen molar-refractivity contribution in [2.24, 2.45) is 0 Å². The van der Waals surface area contributed by atoms with Gasteiger partial charge in [0.2, 0.25) is 0 Å². The van der Waals surface area contributed by atoms with E-state index >= 15 is 0 Å². The number of nitrogens with zero attached hydrogens (tertiary/aromatic N) is 2. The van der Waals surface area contributed by atoms with Crippen LogP contribution in [0.2, 0.25) is 0 Å². The van der Waals surface area contributed by atoms with Crippen molar-refractivity contribution in [3.8, 4) is 5.69 Å². The standard InChI is InChI=1S/C16H13N5O3/c1-2-11-18-9-4-3-7(5-10(9)19-11)21-12(22)6-8-13(14(21)17)16(24)20-15(8)23/h3-6H,2,17H2,1H3,(H,18,19)(H,20,23,24). The molecule has 0 fully saturated rings. The summed E-state index contributed by atoms with van der Waals surface area (Å²) < 4.78 is 1.21. The minimum absolute atomic E-state index is 0.00892. The van der Waals surface area contributed by atoms with Gasteiger partial charge in [-0.05, 0) is 18.2 Å². The van der Waals surface area contributed by atoms with E-state index in [1.54, 1.807) is 18.2 Å². The number of nitrogens with one attached hydrogen (secondary N) is 2. The molecule has 1 aromatic carbocycles. The molecule has 8 heteroatoms. The lowest BCUT2D eigenvalue weighted by molar-refractivity contribution is 0.0880. The molecule has 0 radical (unpaired) electrons. The number of aromatic nitrogens is 3. The van der Waals surface area contributed by atoms with E-state index in [1.807, 2.05) is 6.92 Å². The molecule has 2 amide bonds. The molecule has 4 rings (SSSR count). The van der Waals surface area contributed by atoms with E-state index in [0.29, 0.717) is 5.69 Å². The number of rotatable bonds is 2. The minimum atomic E-state index is -0.609. The third-order valence-electron chi connectivity index (χ3n) is 4.06. The number of benzene rings is 1. The average molecular weight is 323 g/mol. The Bertz CT molecular complexity index is 1090. The average Bonchev–Trinajstić information content (AvgIpc) is 3.07. The zero-order valence-electron chi connectivity index (χ0n) is 12.7. The molecule has 0 saturated heterocycles. The van der Waals surface area contributed by atoms with Crippen molar-refractivity contribution in [1.29, 1.82) is 0 Å². The van der Waals surface area contributed by atoms with Crippen molar-refractivity contribution in [2.75, 3.05) is 5.73 Å². The lowest BCUT2D eigenvalue weighted by Crippen LogP contribution is -2.24. The Morgan fingerprint density at radius 1 is 1.17 bits per heavy atom. The number of carbonyl (C=O) groups is 2. The van der Waals surface area contributed by atoms with Crippen LogP contribution in [0.4, 0.5) is 5.82 Å². The first-order valence-electron chi connectivity index (χ1n) is 7.40. The van der Waals surface area contributed by atoms with Gasteiger partial charge in [0.25, 0.3) is 17.4 Å². The normalized spacial score (nSPS) is 13.4. The number of nitrogen functional groups attached to an aromatic ring is 1. The van der Waals surface area contributed by atoms with Crippen molar-refractivity contribution >= 4 is 28.7 Å². The molecule has 3 heterocycles. The van der Waals surface area contributed by atoms with Crippen LogP contribution in [0.3, 0.4) is 0 Å². The number of H-pyrrole nitrogens is 1. The Labute approximate surface area is 135 Å². The highest BCUT2D eigenvalue weighted by molar-refractivity contribution is 6.23. The second kappa shape index (κ2) is 4.79. The fourth-order valence-electron chi connectivity index (χ4n) is 2.90. The molecular formula is C16H13N5O3. The maximum absolute atomic E-state index is 12.4. The predicted molar refractivity (Wildman–Crippen MR) is 87.3 cm³/mol. The first kappa shape index (κ1) is 14.2. The van der Waals surface area contributed by atoms with Gasteiger partial charge in [0.1, 0.15) is 11.6 Å². The molecule has 2 aromatic heterocycles. The Balaban J connectivity index is 1.97. The summed E-state index contributed by atoms with van der Waals surface area (Å²) in [5.74, 6) is -0.434. The summed E-state index contributed by atoms with van der Waals surface area (Å²) in [6.45, 7) is 1.98. The quantitative estimate of drug-likeness (QED) is 0.600. The van der Waals surface area contributed by atoms with Gasteiger partial charge in [-0.3, -0.25) is 24.3 Å². The van der Waals surface area contributed by atoms with E-state index in [4.69, 9.17) is 5.73 Å². The number of imidazole rings is 1. The van der Waals surface area contributed by atoms with Gasteiger partial charge in [0.15, 0.2) is 0 Å². The van der Waals surface area contributed by atoms with Gasteiger partial charge < -0.3 is 10.7 Å². The summed E-state index contributed by atoms with van der Waals surface area (Å²) in [6, 6.07) is 6.33. The molecule has 0 aliphatic carbocycles. The van der Waals surface area contributed by atoms with Crippen LogP contribution in [0, 0.1) is 0 Å². The number of hydrogen-bond donors (Lipinski definition) is 3. The fourth-order valence-corrected chi connectivity index (χ4v) is 2.90. The molecule has 0 atom stereocenters.